The number of hydrogen-bond donors (Lipinski definition) is 1. The highest BCUT2D eigenvalue weighted by Gasteiger charge is 2.51. The number of amides is 2. The van der Waals surface area contributed by atoms with Gasteiger partial charge in [0.15, 0.2) is 5.69 Å². The molecular weight excluding hydrogens is 340 g/mol. The lowest BCUT2D eigenvalue weighted by molar-refractivity contribution is -0.135. The topological polar surface area (TPSA) is 78.5 Å². The van der Waals surface area contributed by atoms with E-state index in [1.807, 2.05) is 16.7 Å². The highest BCUT2D eigenvalue weighted by Crippen LogP contribution is 2.46. The summed E-state index contributed by atoms with van der Waals surface area (Å²) in [4.78, 5) is 27.8. The first kappa shape index (κ1) is 16.9. The summed E-state index contributed by atoms with van der Waals surface area (Å²) in [6.07, 6.45) is 4.06. The van der Waals surface area contributed by atoms with Crippen LogP contribution in [0.1, 0.15) is 34.6 Å². The van der Waals surface area contributed by atoms with Crippen LogP contribution >= 0.6 is 11.8 Å². The monoisotopic (exact) mass is 364 g/mol. The molecule has 2 aliphatic heterocycles. The van der Waals surface area contributed by atoms with Crippen molar-refractivity contribution in [3.63, 3.8) is 0 Å². The number of aromatic amines is 1. The molecule has 136 valence electrons. The summed E-state index contributed by atoms with van der Waals surface area (Å²) in [5, 5.41) is 7.26. The van der Waals surface area contributed by atoms with Gasteiger partial charge in [0.05, 0.1) is 10.9 Å². The quantitative estimate of drug-likeness (QED) is 0.851. The Bertz CT molecular complexity index is 696. The van der Waals surface area contributed by atoms with Crippen molar-refractivity contribution in [3.05, 3.63) is 17.0 Å². The molecule has 1 aliphatic carbocycles. The number of hydrogen-bond acceptors (Lipinski definition) is 5. The minimum Gasteiger partial charge on any atom is -0.367 e. The van der Waals surface area contributed by atoms with E-state index in [1.54, 1.807) is 19.0 Å². The number of rotatable bonds is 4. The molecule has 0 saturated carbocycles. The molecule has 2 amide bonds. The fraction of sp³-hybridized carbons (Fsp3) is 0.706. The van der Waals surface area contributed by atoms with Gasteiger partial charge in [0.1, 0.15) is 6.61 Å². The van der Waals surface area contributed by atoms with Crippen LogP contribution in [0.4, 0.5) is 0 Å². The van der Waals surface area contributed by atoms with Gasteiger partial charge in [-0.2, -0.15) is 5.10 Å². The molecule has 25 heavy (non-hydrogen) atoms. The second kappa shape index (κ2) is 6.32. The first-order valence-corrected chi connectivity index (χ1v) is 9.77. The molecule has 1 aromatic rings. The lowest BCUT2D eigenvalue weighted by Gasteiger charge is -2.47. The van der Waals surface area contributed by atoms with Crippen LogP contribution in [-0.2, 0) is 22.4 Å². The number of nitrogens with zero attached hydrogens (tertiary/aromatic N) is 3. The second-order valence-corrected chi connectivity index (χ2v) is 8.95. The van der Waals surface area contributed by atoms with Crippen LogP contribution in [-0.4, -0.2) is 82.2 Å². The molecule has 4 rings (SSSR count). The SMILES string of the molecule is CN(C)C(=O)COC1CSC2(C1)CN(C(=O)c1n[nH]c3c1CCC3)C2. The lowest BCUT2D eigenvalue weighted by Crippen LogP contribution is -2.61. The molecule has 1 N–H and O–H groups in total. The summed E-state index contributed by atoms with van der Waals surface area (Å²) in [5.41, 5.74) is 2.87. The fourth-order valence-electron chi connectivity index (χ4n) is 3.89. The normalized spacial score (nSPS) is 23.6. The van der Waals surface area contributed by atoms with Crippen molar-refractivity contribution in [1.82, 2.24) is 20.0 Å². The van der Waals surface area contributed by atoms with E-state index in [4.69, 9.17) is 4.74 Å². The number of aryl methyl sites for hydroxylation is 1. The summed E-state index contributed by atoms with van der Waals surface area (Å²) in [6.45, 7) is 1.63. The summed E-state index contributed by atoms with van der Waals surface area (Å²) in [7, 11) is 3.47. The van der Waals surface area contributed by atoms with Crippen molar-refractivity contribution in [2.24, 2.45) is 0 Å². The van der Waals surface area contributed by atoms with Gasteiger partial charge in [-0.15, -0.1) is 11.8 Å². The number of H-pyrrole nitrogens is 1. The summed E-state index contributed by atoms with van der Waals surface area (Å²) in [6, 6.07) is 0. The van der Waals surface area contributed by atoms with E-state index in [0.717, 1.165) is 55.8 Å². The van der Waals surface area contributed by atoms with Gasteiger partial charge in [0.2, 0.25) is 5.91 Å². The summed E-state index contributed by atoms with van der Waals surface area (Å²) >= 11 is 1.87. The highest BCUT2D eigenvalue weighted by molar-refractivity contribution is 8.01. The molecule has 0 aromatic carbocycles. The van der Waals surface area contributed by atoms with Crippen LogP contribution in [0.3, 0.4) is 0 Å². The highest BCUT2D eigenvalue weighted by atomic mass is 32.2. The average molecular weight is 364 g/mol. The Kier molecular flexibility index (Phi) is 4.27. The van der Waals surface area contributed by atoms with E-state index in [-0.39, 0.29) is 29.3 Å². The number of carbonyl (C=O) groups is 2. The van der Waals surface area contributed by atoms with Gasteiger partial charge in [-0.25, -0.2) is 0 Å². The van der Waals surface area contributed by atoms with E-state index in [0.29, 0.717) is 5.69 Å². The third kappa shape index (κ3) is 3.06. The molecule has 7 nitrogen and oxygen atoms in total. The molecule has 1 atom stereocenters. The average Bonchev–Trinajstić information content (AvgIpc) is 3.24. The van der Waals surface area contributed by atoms with Gasteiger partial charge >= 0.3 is 0 Å². The molecule has 0 bridgehead atoms. The van der Waals surface area contributed by atoms with E-state index in [1.165, 1.54) is 0 Å². The fourth-order valence-corrected chi connectivity index (χ4v) is 5.44. The predicted octanol–water partition coefficient (Wildman–Crippen LogP) is 0.703. The van der Waals surface area contributed by atoms with Gasteiger partial charge in [-0.1, -0.05) is 0 Å². The summed E-state index contributed by atoms with van der Waals surface area (Å²) in [5.74, 6) is 0.933. The number of carbonyl (C=O) groups excluding carboxylic acids is 2. The smallest absolute Gasteiger partial charge is 0.274 e. The van der Waals surface area contributed by atoms with Crippen molar-refractivity contribution in [2.75, 3.05) is 39.5 Å². The van der Waals surface area contributed by atoms with Crippen LogP contribution < -0.4 is 0 Å². The van der Waals surface area contributed by atoms with Gasteiger partial charge in [-0.3, -0.25) is 14.7 Å². The zero-order valence-corrected chi connectivity index (χ0v) is 15.5. The van der Waals surface area contributed by atoms with E-state index in [2.05, 4.69) is 10.2 Å². The van der Waals surface area contributed by atoms with Gasteiger partial charge in [0, 0.05) is 44.2 Å². The van der Waals surface area contributed by atoms with Crippen molar-refractivity contribution in [3.8, 4) is 0 Å². The molecular formula is C17H24N4O3S. The van der Waals surface area contributed by atoms with Crippen molar-refractivity contribution in [2.45, 2.75) is 36.5 Å². The molecule has 3 aliphatic rings. The Morgan fingerprint density at radius 3 is 2.96 bits per heavy atom. The van der Waals surface area contributed by atoms with E-state index >= 15 is 0 Å². The minimum atomic E-state index is -0.0104. The first-order valence-electron chi connectivity index (χ1n) is 8.78. The number of thioether (sulfide) groups is 1. The molecule has 8 heteroatoms. The maximum Gasteiger partial charge on any atom is 0.274 e. The first-order chi connectivity index (χ1) is 12.0. The van der Waals surface area contributed by atoms with Crippen LogP contribution in [0.15, 0.2) is 0 Å². The number of aromatic nitrogens is 2. The number of likely N-dealkylation sites (N-methyl/N-ethyl adjacent to an activating group) is 1. The van der Waals surface area contributed by atoms with Crippen molar-refractivity contribution in [1.29, 1.82) is 0 Å². The Labute approximate surface area is 151 Å². The molecule has 3 heterocycles. The van der Waals surface area contributed by atoms with Crippen molar-refractivity contribution >= 4 is 23.6 Å². The zero-order chi connectivity index (χ0) is 17.6. The van der Waals surface area contributed by atoms with Crippen LogP contribution in [0.25, 0.3) is 0 Å². The second-order valence-electron chi connectivity index (χ2n) is 7.46. The van der Waals surface area contributed by atoms with Crippen LogP contribution in [0, 0.1) is 0 Å². The molecule has 1 spiro atoms. The number of nitrogens with one attached hydrogen (secondary N) is 1. The Morgan fingerprint density at radius 1 is 1.40 bits per heavy atom. The Balaban J connectivity index is 1.30. The molecule has 0 radical (unpaired) electrons. The lowest BCUT2D eigenvalue weighted by atomic mass is 9.92. The van der Waals surface area contributed by atoms with Crippen LogP contribution in [0.2, 0.25) is 0 Å². The largest absolute Gasteiger partial charge is 0.367 e. The van der Waals surface area contributed by atoms with Gasteiger partial charge in [0.25, 0.3) is 5.91 Å². The number of ether oxygens (including phenoxy) is 1. The zero-order valence-electron chi connectivity index (χ0n) is 14.7. The molecule has 1 aromatic heterocycles. The van der Waals surface area contributed by atoms with Crippen molar-refractivity contribution < 1.29 is 14.3 Å². The maximum absolute atomic E-state index is 12.7. The summed E-state index contributed by atoms with van der Waals surface area (Å²) < 4.78 is 5.85. The van der Waals surface area contributed by atoms with Gasteiger partial charge in [-0.05, 0) is 25.7 Å². The number of fused-ring (bicyclic) bond motifs is 1. The maximum atomic E-state index is 12.7. The van der Waals surface area contributed by atoms with Gasteiger partial charge < -0.3 is 14.5 Å². The number of likely N-dealkylation sites (tertiary alicyclic amines) is 1. The van der Waals surface area contributed by atoms with E-state index < -0.39 is 0 Å². The standard InChI is InChI=1S/C17H24N4O3S/c1-20(2)14(22)7-24-11-6-17(25-8-11)9-21(10-17)16(23)15-12-4-3-5-13(12)18-19-15/h11H,3-10H2,1-2H3,(H,18,19). The molecule has 1 unspecified atom stereocenters. The van der Waals surface area contributed by atoms with E-state index in [9.17, 15) is 9.59 Å². The minimum absolute atomic E-state index is 0.0104. The molecule has 2 fully saturated rings. The third-order valence-corrected chi connectivity index (χ3v) is 6.95. The van der Waals surface area contributed by atoms with Crippen LogP contribution in [0.5, 0.6) is 0 Å². The molecule has 2 saturated heterocycles. The third-order valence-electron chi connectivity index (χ3n) is 5.37. The Morgan fingerprint density at radius 2 is 2.20 bits per heavy atom. The Hall–Kier alpha value is -1.54. The predicted molar refractivity (Wildman–Crippen MR) is 94.8 cm³/mol.